The highest BCUT2D eigenvalue weighted by Crippen LogP contribution is 2.25. The molecular weight excluding hydrogens is 354 g/mol. The number of aromatic nitrogens is 4. The van der Waals surface area contributed by atoms with Gasteiger partial charge in [0.2, 0.25) is 0 Å². The summed E-state index contributed by atoms with van der Waals surface area (Å²) in [6.45, 7) is 3.04. The summed E-state index contributed by atoms with van der Waals surface area (Å²) in [4.78, 5) is 16.0. The van der Waals surface area contributed by atoms with E-state index in [0.29, 0.717) is 44.0 Å². The van der Waals surface area contributed by atoms with Gasteiger partial charge in [-0.15, -0.1) is 0 Å². The first-order chi connectivity index (χ1) is 11.9. The number of halogens is 3. The molecule has 0 aliphatic carbocycles. The van der Waals surface area contributed by atoms with Crippen molar-refractivity contribution in [1.82, 2.24) is 24.5 Å². The van der Waals surface area contributed by atoms with Gasteiger partial charge in [-0.2, -0.15) is 10.2 Å². The van der Waals surface area contributed by atoms with Gasteiger partial charge >= 0.3 is 0 Å². The number of anilines is 1. The van der Waals surface area contributed by atoms with Crippen molar-refractivity contribution in [3.05, 3.63) is 39.0 Å². The lowest BCUT2D eigenvalue weighted by molar-refractivity contribution is 0.142. The van der Waals surface area contributed by atoms with E-state index in [1.54, 1.807) is 26.5 Å². The Morgan fingerprint density at radius 1 is 1.24 bits per heavy atom. The zero-order chi connectivity index (χ0) is 18.1. The minimum absolute atomic E-state index is 0.151. The monoisotopic (exact) mass is 372 g/mol. The van der Waals surface area contributed by atoms with Crippen LogP contribution in [-0.2, 0) is 20.6 Å². The zero-order valence-corrected chi connectivity index (χ0v) is 14.7. The SMILES string of the molecule is Cn1cc(CN2CCN(c3cnn(C)c(=O)c3Cl)CC2)c(C(F)F)n1. The lowest BCUT2D eigenvalue weighted by Crippen LogP contribution is -2.46. The third kappa shape index (κ3) is 3.67. The molecule has 7 nitrogen and oxygen atoms in total. The Bertz CT molecular complexity index is 813. The van der Waals surface area contributed by atoms with Crippen LogP contribution in [0.3, 0.4) is 0 Å². The maximum Gasteiger partial charge on any atom is 0.287 e. The van der Waals surface area contributed by atoms with Crippen molar-refractivity contribution in [3.63, 3.8) is 0 Å². The van der Waals surface area contributed by atoms with Crippen molar-refractivity contribution < 1.29 is 8.78 Å². The van der Waals surface area contributed by atoms with Crippen molar-refractivity contribution >= 4 is 17.3 Å². The summed E-state index contributed by atoms with van der Waals surface area (Å²) in [7, 11) is 3.18. The summed E-state index contributed by atoms with van der Waals surface area (Å²) in [5, 5.41) is 7.99. The van der Waals surface area contributed by atoms with Gasteiger partial charge in [-0.25, -0.2) is 13.5 Å². The van der Waals surface area contributed by atoms with Crippen LogP contribution in [0.4, 0.5) is 14.5 Å². The molecule has 1 aliphatic heterocycles. The summed E-state index contributed by atoms with van der Waals surface area (Å²) >= 11 is 6.13. The highest BCUT2D eigenvalue weighted by molar-refractivity contribution is 6.33. The van der Waals surface area contributed by atoms with Gasteiger partial charge in [-0.05, 0) is 0 Å². The van der Waals surface area contributed by atoms with Crippen molar-refractivity contribution in [2.24, 2.45) is 14.1 Å². The minimum Gasteiger partial charge on any atom is -0.366 e. The van der Waals surface area contributed by atoms with Gasteiger partial charge in [0, 0.05) is 58.6 Å². The second-order valence-electron chi connectivity index (χ2n) is 6.05. The molecule has 1 saturated heterocycles. The third-order valence-corrected chi connectivity index (χ3v) is 4.67. The predicted octanol–water partition coefficient (Wildman–Crippen LogP) is 1.43. The van der Waals surface area contributed by atoms with E-state index in [1.807, 2.05) is 4.90 Å². The molecule has 10 heteroatoms. The third-order valence-electron chi connectivity index (χ3n) is 4.31. The minimum atomic E-state index is -2.58. The van der Waals surface area contributed by atoms with Crippen LogP contribution in [0.25, 0.3) is 0 Å². The van der Waals surface area contributed by atoms with E-state index in [0.717, 1.165) is 0 Å². The first kappa shape index (κ1) is 17.8. The lowest BCUT2D eigenvalue weighted by atomic mass is 10.2. The summed E-state index contributed by atoms with van der Waals surface area (Å²) < 4.78 is 28.7. The van der Waals surface area contributed by atoms with E-state index in [2.05, 4.69) is 15.1 Å². The largest absolute Gasteiger partial charge is 0.366 e. The van der Waals surface area contributed by atoms with E-state index < -0.39 is 6.43 Å². The number of hydrogen-bond donors (Lipinski definition) is 0. The summed E-state index contributed by atoms with van der Waals surface area (Å²) in [5.41, 5.74) is 0.653. The van der Waals surface area contributed by atoms with Crippen molar-refractivity contribution in [2.75, 3.05) is 31.1 Å². The molecule has 25 heavy (non-hydrogen) atoms. The molecule has 0 unspecified atom stereocenters. The Balaban J connectivity index is 1.67. The fraction of sp³-hybridized carbons (Fsp3) is 0.533. The first-order valence-electron chi connectivity index (χ1n) is 7.86. The maximum atomic E-state index is 13.0. The molecule has 0 radical (unpaired) electrons. The van der Waals surface area contributed by atoms with E-state index in [4.69, 9.17) is 11.6 Å². The fourth-order valence-corrected chi connectivity index (χ4v) is 3.26. The van der Waals surface area contributed by atoms with Crippen molar-refractivity contribution in [3.8, 4) is 0 Å². The number of piperazine rings is 1. The Kier molecular flexibility index (Phi) is 5.05. The van der Waals surface area contributed by atoms with Crippen LogP contribution in [0, 0.1) is 0 Å². The van der Waals surface area contributed by atoms with Crippen molar-refractivity contribution in [1.29, 1.82) is 0 Å². The molecule has 3 rings (SSSR count). The molecule has 2 aromatic heterocycles. The van der Waals surface area contributed by atoms with Crippen LogP contribution in [0.2, 0.25) is 5.02 Å². The predicted molar refractivity (Wildman–Crippen MR) is 90.1 cm³/mol. The van der Waals surface area contributed by atoms with Crippen LogP contribution >= 0.6 is 11.6 Å². The van der Waals surface area contributed by atoms with Crippen molar-refractivity contribution in [2.45, 2.75) is 13.0 Å². The Morgan fingerprint density at radius 2 is 1.92 bits per heavy atom. The molecule has 3 heterocycles. The van der Waals surface area contributed by atoms with Gasteiger partial charge in [0.05, 0.1) is 11.9 Å². The quantitative estimate of drug-likeness (QED) is 0.812. The summed E-state index contributed by atoms with van der Waals surface area (Å²) in [5.74, 6) is 0. The van der Waals surface area contributed by atoms with Crippen LogP contribution in [0.15, 0.2) is 17.2 Å². The fourth-order valence-electron chi connectivity index (χ4n) is 2.97. The molecule has 0 amide bonds. The topological polar surface area (TPSA) is 59.2 Å². The lowest BCUT2D eigenvalue weighted by Gasteiger charge is -2.36. The van der Waals surface area contributed by atoms with E-state index in [1.165, 1.54) is 9.36 Å². The van der Waals surface area contributed by atoms with E-state index in [-0.39, 0.29) is 16.3 Å². The van der Waals surface area contributed by atoms with Crippen LogP contribution in [0.1, 0.15) is 17.7 Å². The number of rotatable bonds is 4. The first-order valence-corrected chi connectivity index (χ1v) is 8.24. The van der Waals surface area contributed by atoms with Gasteiger partial charge in [-0.1, -0.05) is 11.6 Å². The van der Waals surface area contributed by atoms with Gasteiger partial charge in [0.15, 0.2) is 0 Å². The molecule has 2 aromatic rings. The van der Waals surface area contributed by atoms with Gasteiger partial charge in [0.1, 0.15) is 10.7 Å². The number of nitrogens with zero attached hydrogens (tertiary/aromatic N) is 6. The number of aryl methyl sites for hydroxylation is 2. The van der Waals surface area contributed by atoms with Crippen LogP contribution in [0.5, 0.6) is 0 Å². The highest BCUT2D eigenvalue weighted by atomic mass is 35.5. The Labute approximate surface area is 148 Å². The average Bonchev–Trinajstić information content (AvgIpc) is 2.94. The average molecular weight is 373 g/mol. The highest BCUT2D eigenvalue weighted by Gasteiger charge is 2.24. The second-order valence-corrected chi connectivity index (χ2v) is 6.43. The molecule has 0 atom stereocenters. The molecule has 136 valence electrons. The Hall–Kier alpha value is -2.00. The molecule has 0 spiro atoms. The molecular formula is C15H19ClF2N6O. The van der Waals surface area contributed by atoms with E-state index >= 15 is 0 Å². The molecule has 0 bridgehead atoms. The van der Waals surface area contributed by atoms with Crippen LogP contribution < -0.4 is 10.5 Å². The van der Waals surface area contributed by atoms with Crippen LogP contribution in [-0.4, -0.2) is 50.6 Å². The molecule has 1 fully saturated rings. The number of hydrogen-bond acceptors (Lipinski definition) is 5. The standard InChI is InChI=1S/C15H19ClF2N6O/c1-21-8-10(13(20-21)14(17)18)9-23-3-5-24(6-4-23)11-7-19-22(2)15(25)12(11)16/h7-8,14H,3-6,9H2,1-2H3. The van der Waals surface area contributed by atoms with Gasteiger partial charge < -0.3 is 4.90 Å². The maximum absolute atomic E-state index is 13.0. The molecule has 0 N–H and O–H groups in total. The molecule has 1 aliphatic rings. The van der Waals surface area contributed by atoms with Gasteiger partial charge in [-0.3, -0.25) is 14.4 Å². The van der Waals surface area contributed by atoms with Gasteiger partial charge in [0.25, 0.3) is 12.0 Å². The summed E-state index contributed by atoms with van der Waals surface area (Å²) in [6.07, 6.45) is 0.633. The smallest absolute Gasteiger partial charge is 0.287 e. The number of alkyl halides is 2. The zero-order valence-electron chi connectivity index (χ0n) is 14.0. The molecule has 0 saturated carbocycles. The normalized spacial score (nSPS) is 16.0. The summed E-state index contributed by atoms with van der Waals surface area (Å²) in [6, 6.07) is 0. The second kappa shape index (κ2) is 7.09. The Morgan fingerprint density at radius 3 is 2.56 bits per heavy atom. The molecule has 0 aromatic carbocycles. The van der Waals surface area contributed by atoms with E-state index in [9.17, 15) is 13.6 Å².